The van der Waals surface area contributed by atoms with Crippen molar-refractivity contribution in [2.75, 3.05) is 6.54 Å². The Balaban J connectivity index is 1.68. The second-order valence-corrected chi connectivity index (χ2v) is 7.49. The van der Waals surface area contributed by atoms with E-state index >= 15 is 0 Å². The van der Waals surface area contributed by atoms with Crippen LogP contribution in [0.25, 0.3) is 22.8 Å². The number of amides is 1. The number of fused-ring (bicyclic) bond motifs is 1. The Hall–Kier alpha value is -3.02. The van der Waals surface area contributed by atoms with Crippen molar-refractivity contribution >= 4 is 5.91 Å². The van der Waals surface area contributed by atoms with E-state index in [0.29, 0.717) is 36.0 Å². The lowest BCUT2D eigenvalue weighted by molar-refractivity contribution is 0.0924. The fourth-order valence-electron chi connectivity index (χ4n) is 3.02. The van der Waals surface area contributed by atoms with Crippen LogP contribution in [0.3, 0.4) is 0 Å². The predicted molar refractivity (Wildman–Crippen MR) is 99.7 cm³/mol. The molecule has 1 aromatic carbocycles. The molecule has 2 aromatic heterocycles. The van der Waals surface area contributed by atoms with Crippen LogP contribution in [0.1, 0.15) is 36.8 Å². The average molecular weight is 347 g/mol. The van der Waals surface area contributed by atoms with Crippen LogP contribution in [0.2, 0.25) is 0 Å². The number of aromatic nitrogens is 4. The molecule has 0 radical (unpaired) electrons. The molecule has 0 unspecified atom stereocenters. The fourth-order valence-corrected chi connectivity index (χ4v) is 3.02. The van der Waals surface area contributed by atoms with E-state index in [2.05, 4.69) is 53.3 Å². The van der Waals surface area contributed by atoms with E-state index < -0.39 is 0 Å². The highest BCUT2D eigenvalue weighted by molar-refractivity contribution is 5.94. The van der Waals surface area contributed by atoms with Gasteiger partial charge in [0.15, 0.2) is 5.82 Å². The number of nitrogens with one attached hydrogen (secondary N) is 1. The molecule has 4 rings (SSSR count). The van der Waals surface area contributed by atoms with E-state index in [0.717, 1.165) is 5.56 Å². The van der Waals surface area contributed by atoms with Crippen molar-refractivity contribution in [1.29, 1.82) is 0 Å². The molecule has 1 aliphatic heterocycles. The normalized spacial score (nSPS) is 14.0. The molecule has 0 aliphatic carbocycles. The van der Waals surface area contributed by atoms with Crippen molar-refractivity contribution in [3.05, 3.63) is 53.9 Å². The van der Waals surface area contributed by atoms with Gasteiger partial charge in [-0.2, -0.15) is 5.10 Å². The number of rotatable bonds is 2. The van der Waals surface area contributed by atoms with Gasteiger partial charge < -0.3 is 5.32 Å². The van der Waals surface area contributed by atoms with Crippen LogP contribution < -0.4 is 5.32 Å². The molecule has 0 bridgehead atoms. The first-order valence-corrected chi connectivity index (χ1v) is 8.72. The van der Waals surface area contributed by atoms with Crippen LogP contribution in [0, 0.1) is 0 Å². The second-order valence-electron chi connectivity index (χ2n) is 7.49. The van der Waals surface area contributed by atoms with Crippen LogP contribution in [0.4, 0.5) is 0 Å². The van der Waals surface area contributed by atoms with E-state index in [1.807, 2.05) is 18.2 Å². The van der Waals surface area contributed by atoms with Crippen molar-refractivity contribution in [1.82, 2.24) is 25.1 Å². The molecule has 1 amide bonds. The predicted octanol–water partition coefficient (Wildman–Crippen LogP) is 3.05. The topological polar surface area (TPSA) is 72.7 Å². The smallest absolute Gasteiger partial charge is 0.269 e. The first kappa shape index (κ1) is 16.4. The van der Waals surface area contributed by atoms with Gasteiger partial charge in [-0.3, -0.25) is 9.48 Å². The van der Waals surface area contributed by atoms with Gasteiger partial charge in [0.05, 0.1) is 12.2 Å². The van der Waals surface area contributed by atoms with E-state index in [1.54, 1.807) is 16.9 Å². The molecule has 1 N–H and O–H groups in total. The third kappa shape index (κ3) is 2.98. The molecule has 0 saturated carbocycles. The van der Waals surface area contributed by atoms with Crippen molar-refractivity contribution in [2.45, 2.75) is 32.7 Å². The molecule has 3 aromatic rings. The standard InChI is InChI=1S/C20H21N5O/c1-20(2,3)14-6-4-13(5-7-14)18-21-9-8-15(23-18)16-12-17-19(26)22-10-11-25(17)24-16/h4-9,12H,10-11H2,1-3H3,(H,22,26). The molecule has 26 heavy (non-hydrogen) atoms. The van der Waals surface area contributed by atoms with Crippen LogP contribution in [-0.4, -0.2) is 32.2 Å². The van der Waals surface area contributed by atoms with Gasteiger partial charge in [-0.15, -0.1) is 0 Å². The fraction of sp³-hybridized carbons (Fsp3) is 0.300. The van der Waals surface area contributed by atoms with Crippen molar-refractivity contribution in [3.8, 4) is 22.8 Å². The number of hydrogen-bond donors (Lipinski definition) is 1. The lowest BCUT2D eigenvalue weighted by Crippen LogP contribution is -2.35. The molecule has 132 valence electrons. The van der Waals surface area contributed by atoms with Crippen LogP contribution in [-0.2, 0) is 12.0 Å². The maximum atomic E-state index is 11.9. The van der Waals surface area contributed by atoms with Crippen molar-refractivity contribution < 1.29 is 4.79 Å². The van der Waals surface area contributed by atoms with E-state index in [4.69, 9.17) is 0 Å². The van der Waals surface area contributed by atoms with Gasteiger partial charge in [-0.25, -0.2) is 9.97 Å². The summed E-state index contributed by atoms with van der Waals surface area (Å²) in [5.74, 6) is 0.556. The minimum Gasteiger partial charge on any atom is -0.349 e. The molecule has 0 spiro atoms. The lowest BCUT2D eigenvalue weighted by atomic mass is 9.87. The first-order valence-electron chi connectivity index (χ1n) is 8.72. The largest absolute Gasteiger partial charge is 0.349 e. The van der Waals surface area contributed by atoms with E-state index in [1.165, 1.54) is 5.56 Å². The molecule has 1 aliphatic rings. The van der Waals surface area contributed by atoms with Crippen LogP contribution in [0.5, 0.6) is 0 Å². The summed E-state index contributed by atoms with van der Waals surface area (Å²) >= 11 is 0. The first-order chi connectivity index (χ1) is 12.4. The van der Waals surface area contributed by atoms with Gasteiger partial charge in [0.2, 0.25) is 0 Å². The molecule has 0 atom stereocenters. The quantitative estimate of drug-likeness (QED) is 0.773. The molecule has 0 fully saturated rings. The lowest BCUT2D eigenvalue weighted by Gasteiger charge is -2.19. The van der Waals surface area contributed by atoms with Crippen molar-refractivity contribution in [2.24, 2.45) is 0 Å². The third-order valence-corrected chi connectivity index (χ3v) is 4.55. The third-order valence-electron chi connectivity index (χ3n) is 4.55. The summed E-state index contributed by atoms with van der Waals surface area (Å²) in [7, 11) is 0. The van der Waals surface area contributed by atoms with Gasteiger partial charge in [-0.05, 0) is 23.1 Å². The zero-order valence-electron chi connectivity index (χ0n) is 15.2. The van der Waals surface area contributed by atoms with Gasteiger partial charge >= 0.3 is 0 Å². The highest BCUT2D eigenvalue weighted by atomic mass is 16.2. The Bertz CT molecular complexity index is 967. The van der Waals surface area contributed by atoms with Gasteiger partial charge in [-0.1, -0.05) is 45.0 Å². The van der Waals surface area contributed by atoms with Gasteiger partial charge in [0.1, 0.15) is 11.4 Å². The Kier molecular flexibility index (Phi) is 3.83. The molecule has 6 heteroatoms. The summed E-state index contributed by atoms with van der Waals surface area (Å²) in [5, 5.41) is 7.34. The van der Waals surface area contributed by atoms with Crippen molar-refractivity contribution in [3.63, 3.8) is 0 Å². The average Bonchev–Trinajstić information content (AvgIpc) is 3.07. The molecule has 6 nitrogen and oxygen atoms in total. The monoisotopic (exact) mass is 347 g/mol. The Morgan fingerprint density at radius 2 is 1.85 bits per heavy atom. The highest BCUT2D eigenvalue weighted by Crippen LogP contribution is 2.26. The SMILES string of the molecule is CC(C)(C)c1ccc(-c2nccc(-c3cc4n(n3)CCNC4=O)n2)cc1. The number of nitrogens with zero attached hydrogens (tertiary/aromatic N) is 4. The Labute approximate surface area is 152 Å². The minimum absolute atomic E-state index is 0.0953. The summed E-state index contributed by atoms with van der Waals surface area (Å²) in [6.45, 7) is 7.84. The molecular weight excluding hydrogens is 326 g/mol. The zero-order valence-corrected chi connectivity index (χ0v) is 15.2. The summed E-state index contributed by atoms with van der Waals surface area (Å²) in [5.41, 5.74) is 4.31. The Morgan fingerprint density at radius 1 is 1.08 bits per heavy atom. The van der Waals surface area contributed by atoms with Gasteiger partial charge in [0.25, 0.3) is 5.91 Å². The number of carbonyl (C=O) groups excluding carboxylic acids is 1. The molecule has 0 saturated heterocycles. The number of benzene rings is 1. The van der Waals surface area contributed by atoms with Crippen LogP contribution in [0.15, 0.2) is 42.6 Å². The van der Waals surface area contributed by atoms with E-state index in [9.17, 15) is 4.79 Å². The summed E-state index contributed by atoms with van der Waals surface area (Å²) in [4.78, 5) is 21.0. The van der Waals surface area contributed by atoms with Gasteiger partial charge in [0, 0.05) is 18.3 Å². The summed E-state index contributed by atoms with van der Waals surface area (Å²) in [6, 6.07) is 11.9. The molecule has 3 heterocycles. The summed E-state index contributed by atoms with van der Waals surface area (Å²) in [6.07, 6.45) is 1.73. The zero-order chi connectivity index (χ0) is 18.3. The van der Waals surface area contributed by atoms with E-state index in [-0.39, 0.29) is 11.3 Å². The van der Waals surface area contributed by atoms with Crippen LogP contribution >= 0.6 is 0 Å². The maximum Gasteiger partial charge on any atom is 0.269 e. The second kappa shape index (κ2) is 6.05. The molecular formula is C20H21N5O. The highest BCUT2D eigenvalue weighted by Gasteiger charge is 2.20. The number of hydrogen-bond acceptors (Lipinski definition) is 4. The minimum atomic E-state index is -0.0953. The summed E-state index contributed by atoms with van der Waals surface area (Å²) < 4.78 is 1.73. The Morgan fingerprint density at radius 3 is 2.54 bits per heavy atom. The number of carbonyl (C=O) groups is 1. The maximum absolute atomic E-state index is 11.9.